The lowest BCUT2D eigenvalue weighted by Gasteiger charge is -2.09. The lowest BCUT2D eigenvalue weighted by Crippen LogP contribution is -2.01. The van der Waals surface area contributed by atoms with Crippen LogP contribution < -0.4 is 5.30 Å². The van der Waals surface area contributed by atoms with Crippen LogP contribution in [0.25, 0.3) is 11.1 Å². The second kappa shape index (κ2) is 4.65. The number of hydrogen-bond acceptors (Lipinski definition) is 1. The van der Waals surface area contributed by atoms with Gasteiger partial charge in [0, 0.05) is 5.30 Å². The molecule has 1 atom stereocenters. The third-order valence-corrected chi connectivity index (χ3v) is 3.49. The number of aryl methyl sites for hydroxylation is 1. The summed E-state index contributed by atoms with van der Waals surface area (Å²) in [5.41, 5.74) is 2.98. The van der Waals surface area contributed by atoms with Crippen molar-refractivity contribution in [2.24, 2.45) is 0 Å². The van der Waals surface area contributed by atoms with Gasteiger partial charge in [0.15, 0.2) is 0 Å². The Balaban J connectivity index is 2.65. The van der Waals surface area contributed by atoms with E-state index in [0.717, 1.165) is 16.7 Å². The molecule has 0 heterocycles. The van der Waals surface area contributed by atoms with Gasteiger partial charge in [0.2, 0.25) is 8.03 Å². The highest BCUT2D eigenvalue weighted by molar-refractivity contribution is 7.47. The quantitative estimate of drug-likeness (QED) is 0.808. The van der Waals surface area contributed by atoms with Gasteiger partial charge in [0.05, 0.1) is 0 Å². The maximum atomic E-state index is 11.3. The Morgan fingerprint density at radius 1 is 0.938 bits per heavy atom. The molecule has 0 radical (unpaired) electrons. The Bertz CT molecular complexity index is 535. The molecular formula is C13H13O2P. The second-order valence-electron chi connectivity index (χ2n) is 3.67. The first-order valence-corrected chi connectivity index (χ1v) is 6.44. The van der Waals surface area contributed by atoms with Crippen LogP contribution in [0.15, 0.2) is 48.5 Å². The van der Waals surface area contributed by atoms with Crippen LogP contribution in [0.4, 0.5) is 0 Å². The van der Waals surface area contributed by atoms with Crippen molar-refractivity contribution in [3.8, 4) is 11.1 Å². The van der Waals surface area contributed by atoms with Crippen LogP contribution in [0, 0.1) is 6.92 Å². The fourth-order valence-electron chi connectivity index (χ4n) is 1.78. The molecule has 0 aliphatic rings. The van der Waals surface area contributed by atoms with E-state index in [0.29, 0.717) is 5.30 Å². The fraction of sp³-hybridized carbons (Fsp3) is 0.0769. The Morgan fingerprint density at radius 2 is 1.50 bits per heavy atom. The molecule has 0 amide bonds. The summed E-state index contributed by atoms with van der Waals surface area (Å²) in [5, 5.41) is 0.529. The Labute approximate surface area is 95.4 Å². The van der Waals surface area contributed by atoms with Gasteiger partial charge in [-0.1, -0.05) is 42.5 Å². The molecule has 0 bridgehead atoms. The molecule has 0 aliphatic heterocycles. The zero-order valence-corrected chi connectivity index (χ0v) is 9.97. The van der Waals surface area contributed by atoms with Crippen LogP contribution in [0.1, 0.15) is 5.56 Å². The van der Waals surface area contributed by atoms with Crippen molar-refractivity contribution >= 4 is 13.3 Å². The monoisotopic (exact) mass is 232 g/mol. The highest BCUT2D eigenvalue weighted by atomic mass is 31.1. The summed E-state index contributed by atoms with van der Waals surface area (Å²) < 4.78 is 11.3. The van der Waals surface area contributed by atoms with E-state index in [4.69, 9.17) is 0 Å². The molecule has 1 N–H and O–H groups in total. The predicted molar refractivity (Wildman–Crippen MR) is 67.5 cm³/mol. The van der Waals surface area contributed by atoms with E-state index in [2.05, 4.69) is 0 Å². The van der Waals surface area contributed by atoms with Crippen molar-refractivity contribution in [3.63, 3.8) is 0 Å². The molecule has 0 saturated carbocycles. The van der Waals surface area contributed by atoms with E-state index < -0.39 is 8.03 Å². The number of benzene rings is 2. The smallest absolute Gasteiger partial charge is 0.218 e. The van der Waals surface area contributed by atoms with Crippen molar-refractivity contribution in [1.29, 1.82) is 0 Å². The molecule has 0 aromatic heterocycles. The summed E-state index contributed by atoms with van der Waals surface area (Å²) >= 11 is 0. The van der Waals surface area contributed by atoms with Crippen LogP contribution >= 0.6 is 8.03 Å². The maximum absolute atomic E-state index is 11.3. The lowest BCUT2D eigenvalue weighted by atomic mass is 10.0. The third kappa shape index (κ3) is 2.08. The van der Waals surface area contributed by atoms with Crippen molar-refractivity contribution < 1.29 is 9.46 Å². The average Bonchev–Trinajstić information content (AvgIpc) is 2.29. The molecule has 0 spiro atoms. The zero-order chi connectivity index (χ0) is 11.5. The van der Waals surface area contributed by atoms with E-state index in [-0.39, 0.29) is 0 Å². The minimum Gasteiger partial charge on any atom is -0.343 e. The summed E-state index contributed by atoms with van der Waals surface area (Å²) in [7, 11) is -2.66. The van der Waals surface area contributed by atoms with Crippen molar-refractivity contribution in [1.82, 2.24) is 0 Å². The molecule has 0 aliphatic carbocycles. The molecule has 3 heteroatoms. The van der Waals surface area contributed by atoms with Gasteiger partial charge in [-0.15, -0.1) is 0 Å². The minimum absolute atomic E-state index is 0.529. The summed E-state index contributed by atoms with van der Waals surface area (Å²) in [6.07, 6.45) is 0. The molecule has 82 valence electrons. The maximum Gasteiger partial charge on any atom is 0.218 e. The molecule has 2 nitrogen and oxygen atoms in total. The van der Waals surface area contributed by atoms with Gasteiger partial charge < -0.3 is 4.89 Å². The minimum atomic E-state index is -2.66. The second-order valence-corrected chi connectivity index (χ2v) is 4.81. The Morgan fingerprint density at radius 3 is 2.12 bits per heavy atom. The van der Waals surface area contributed by atoms with E-state index >= 15 is 0 Å². The third-order valence-electron chi connectivity index (χ3n) is 2.59. The van der Waals surface area contributed by atoms with Gasteiger partial charge in [-0.25, -0.2) is 0 Å². The van der Waals surface area contributed by atoms with Gasteiger partial charge in [-0.05, 0) is 29.7 Å². The largest absolute Gasteiger partial charge is 0.343 e. The van der Waals surface area contributed by atoms with Gasteiger partial charge in [0.1, 0.15) is 0 Å². The fourth-order valence-corrected chi connectivity index (χ4v) is 2.47. The standard InChI is InChI=1S/C13H13O2P/c1-10-6-2-3-7-11(10)12-8-4-5-9-13(12)16(14)15/h2-9,16H,1H3,(H,14,15). The molecule has 2 rings (SSSR count). The van der Waals surface area contributed by atoms with Crippen LogP contribution in [0.3, 0.4) is 0 Å². The van der Waals surface area contributed by atoms with E-state index in [1.807, 2.05) is 43.3 Å². The summed E-state index contributed by atoms with van der Waals surface area (Å²) in [5.74, 6) is 0. The van der Waals surface area contributed by atoms with Crippen molar-refractivity contribution in [2.45, 2.75) is 6.92 Å². The molecule has 2 aromatic carbocycles. The molecule has 2 aromatic rings. The number of rotatable bonds is 2. The Hall–Kier alpha value is -1.37. The van der Waals surface area contributed by atoms with E-state index in [1.165, 1.54) is 0 Å². The first-order valence-electron chi connectivity index (χ1n) is 5.08. The van der Waals surface area contributed by atoms with Crippen LogP contribution in [0.5, 0.6) is 0 Å². The molecule has 0 saturated heterocycles. The molecule has 16 heavy (non-hydrogen) atoms. The van der Waals surface area contributed by atoms with Gasteiger partial charge in [-0.3, -0.25) is 4.57 Å². The highest BCUT2D eigenvalue weighted by Gasteiger charge is 2.09. The van der Waals surface area contributed by atoms with Crippen molar-refractivity contribution in [2.75, 3.05) is 0 Å². The van der Waals surface area contributed by atoms with E-state index in [1.54, 1.807) is 12.1 Å². The van der Waals surface area contributed by atoms with E-state index in [9.17, 15) is 9.46 Å². The first-order chi connectivity index (χ1) is 7.70. The molecular weight excluding hydrogens is 219 g/mol. The normalized spacial score (nSPS) is 12.4. The van der Waals surface area contributed by atoms with Crippen molar-refractivity contribution in [3.05, 3.63) is 54.1 Å². The highest BCUT2D eigenvalue weighted by Crippen LogP contribution is 2.27. The zero-order valence-electron chi connectivity index (χ0n) is 8.97. The first kappa shape index (κ1) is 11.1. The average molecular weight is 232 g/mol. The van der Waals surface area contributed by atoms with Crippen LogP contribution in [-0.4, -0.2) is 4.89 Å². The van der Waals surface area contributed by atoms with Gasteiger partial charge in [-0.2, -0.15) is 0 Å². The van der Waals surface area contributed by atoms with Crippen LogP contribution in [-0.2, 0) is 4.57 Å². The molecule has 1 unspecified atom stereocenters. The SMILES string of the molecule is Cc1ccccc1-c1ccccc1[PH](=O)O. The summed E-state index contributed by atoms with van der Waals surface area (Å²) in [6.45, 7) is 2.00. The predicted octanol–water partition coefficient (Wildman–Crippen LogP) is 2.75. The number of hydrogen-bond donors (Lipinski definition) is 1. The Kier molecular flexibility index (Phi) is 3.23. The summed E-state index contributed by atoms with van der Waals surface area (Å²) in [4.78, 5) is 9.30. The van der Waals surface area contributed by atoms with Gasteiger partial charge >= 0.3 is 0 Å². The van der Waals surface area contributed by atoms with Crippen LogP contribution in [0.2, 0.25) is 0 Å². The molecule has 0 fully saturated rings. The lowest BCUT2D eigenvalue weighted by molar-refractivity contribution is 0.513. The summed E-state index contributed by atoms with van der Waals surface area (Å²) in [6, 6.07) is 15.1. The van der Waals surface area contributed by atoms with Gasteiger partial charge in [0.25, 0.3) is 0 Å². The topological polar surface area (TPSA) is 37.3 Å².